The van der Waals surface area contributed by atoms with Gasteiger partial charge in [0.1, 0.15) is 5.75 Å². The van der Waals surface area contributed by atoms with Crippen LogP contribution in [0.25, 0.3) is 0 Å². The third kappa shape index (κ3) is 8.05. The van der Waals surface area contributed by atoms with Gasteiger partial charge in [0, 0.05) is 24.7 Å². The molecule has 0 saturated carbocycles. The Balaban J connectivity index is 1.57. The maximum atomic E-state index is 13.2. The van der Waals surface area contributed by atoms with Crippen molar-refractivity contribution >= 4 is 33.6 Å². The fraction of sp³-hybridized carbons (Fsp3) is 0.344. The molecule has 0 unspecified atom stereocenters. The van der Waals surface area contributed by atoms with E-state index in [0.29, 0.717) is 5.75 Å². The summed E-state index contributed by atoms with van der Waals surface area (Å²) in [5, 5.41) is 26.5. The number of carbonyl (C=O) groups is 3. The number of anilines is 1. The van der Waals surface area contributed by atoms with Crippen LogP contribution in [0.15, 0.2) is 71.6 Å². The average Bonchev–Trinajstić information content (AvgIpc) is 3.24. The molecule has 0 radical (unpaired) electrons. The molecule has 45 heavy (non-hydrogen) atoms. The second-order valence-corrected chi connectivity index (χ2v) is 12.9. The molecule has 13 heteroatoms. The zero-order valence-corrected chi connectivity index (χ0v) is 26.3. The fourth-order valence-corrected chi connectivity index (χ4v) is 6.42. The molecule has 12 nitrogen and oxygen atoms in total. The molecular formula is C32H38N4O8S. The Morgan fingerprint density at radius 1 is 0.911 bits per heavy atom. The minimum atomic E-state index is -4.06. The number of hydrogen-bond acceptors (Lipinski definition) is 8. The van der Waals surface area contributed by atoms with Crippen LogP contribution in [0.3, 0.4) is 0 Å². The van der Waals surface area contributed by atoms with Gasteiger partial charge in [-0.25, -0.2) is 17.9 Å². The molecule has 0 fully saturated rings. The molecule has 0 bridgehead atoms. The lowest BCUT2D eigenvalue weighted by molar-refractivity contribution is 0.0609. The van der Waals surface area contributed by atoms with E-state index in [9.17, 15) is 33.0 Å². The standard InChI is InChI=1S/C32H38N4O8S/c1-19(2)36-30(39)25-12-10-23(17-26(25)31(36)40)34-32(41)35-27(14-21-8-6-5-7-9-21)28(38)16-22-15-24(44-4)11-13-29(22)45(42,43)33-18-20(3)37/h5-13,15,17,19-20,27-28,33,37-38H,14,16,18H2,1-4H3,(H2,34,35,41)/t20-,27+,28-/m1/s1. The maximum absolute atomic E-state index is 13.2. The summed E-state index contributed by atoms with van der Waals surface area (Å²) in [6.45, 7) is 4.73. The molecule has 3 aromatic carbocycles. The summed E-state index contributed by atoms with van der Waals surface area (Å²) in [5.41, 5.74) is 1.77. The molecule has 4 rings (SSSR count). The zero-order chi connectivity index (χ0) is 32.9. The van der Waals surface area contributed by atoms with Crippen LogP contribution in [0, 0.1) is 0 Å². The van der Waals surface area contributed by atoms with E-state index >= 15 is 0 Å². The van der Waals surface area contributed by atoms with Crippen molar-refractivity contribution in [3.8, 4) is 5.75 Å². The third-order valence-corrected chi connectivity index (χ3v) is 8.85. The van der Waals surface area contributed by atoms with Gasteiger partial charge in [0.05, 0.1) is 41.4 Å². The normalized spacial score (nSPS) is 15.0. The number of rotatable bonds is 13. The quantitative estimate of drug-likeness (QED) is 0.178. The number of benzene rings is 3. The second-order valence-electron chi connectivity index (χ2n) is 11.2. The molecular weight excluding hydrogens is 600 g/mol. The monoisotopic (exact) mass is 638 g/mol. The number of hydrogen-bond donors (Lipinski definition) is 5. The van der Waals surface area contributed by atoms with Crippen LogP contribution in [0.2, 0.25) is 0 Å². The minimum Gasteiger partial charge on any atom is -0.497 e. The van der Waals surface area contributed by atoms with E-state index in [4.69, 9.17) is 4.74 Å². The van der Waals surface area contributed by atoms with Crippen molar-refractivity contribution in [2.24, 2.45) is 0 Å². The third-order valence-electron chi connectivity index (χ3n) is 7.33. The van der Waals surface area contributed by atoms with Crippen LogP contribution in [-0.2, 0) is 22.9 Å². The molecule has 3 atom stereocenters. The number of fused-ring (bicyclic) bond motifs is 1. The lowest BCUT2D eigenvalue weighted by atomic mass is 9.96. The summed E-state index contributed by atoms with van der Waals surface area (Å²) in [4.78, 5) is 39.7. The second kappa shape index (κ2) is 14.2. The fourth-order valence-electron chi connectivity index (χ4n) is 5.07. The summed E-state index contributed by atoms with van der Waals surface area (Å²) in [5.74, 6) is -0.469. The Morgan fingerprint density at radius 3 is 2.24 bits per heavy atom. The molecule has 0 aromatic heterocycles. The van der Waals surface area contributed by atoms with E-state index in [1.54, 1.807) is 13.8 Å². The lowest BCUT2D eigenvalue weighted by Gasteiger charge is -2.26. The van der Waals surface area contributed by atoms with Crippen LogP contribution in [-0.4, -0.2) is 79.3 Å². The number of aliphatic hydroxyl groups excluding tert-OH is 2. The van der Waals surface area contributed by atoms with Crippen molar-refractivity contribution in [3.63, 3.8) is 0 Å². The average molecular weight is 639 g/mol. The van der Waals surface area contributed by atoms with Gasteiger partial charge in [-0.05, 0) is 74.7 Å². The summed E-state index contributed by atoms with van der Waals surface area (Å²) in [6, 6.07) is 16.1. The van der Waals surface area contributed by atoms with Crippen LogP contribution >= 0.6 is 0 Å². The van der Waals surface area contributed by atoms with E-state index in [2.05, 4.69) is 15.4 Å². The van der Waals surface area contributed by atoms with Gasteiger partial charge in [0.15, 0.2) is 0 Å². The summed E-state index contributed by atoms with van der Waals surface area (Å²) in [7, 11) is -2.63. The molecule has 0 saturated heterocycles. The highest BCUT2D eigenvalue weighted by molar-refractivity contribution is 7.89. The first kappa shape index (κ1) is 33.6. The van der Waals surface area contributed by atoms with Gasteiger partial charge in [-0.2, -0.15) is 0 Å². The molecule has 4 amide bonds. The molecule has 0 aliphatic carbocycles. The van der Waals surface area contributed by atoms with Gasteiger partial charge in [-0.15, -0.1) is 0 Å². The lowest BCUT2D eigenvalue weighted by Crippen LogP contribution is -2.47. The number of ether oxygens (including phenoxy) is 1. The van der Waals surface area contributed by atoms with Crippen molar-refractivity contribution in [2.45, 2.75) is 62.8 Å². The van der Waals surface area contributed by atoms with E-state index < -0.39 is 46.1 Å². The number of nitrogens with one attached hydrogen (secondary N) is 3. The van der Waals surface area contributed by atoms with Crippen LogP contribution in [0.1, 0.15) is 52.6 Å². The SMILES string of the molecule is COc1ccc(S(=O)(=O)NC[C@@H](C)O)c(C[C@@H](O)[C@H](Cc2ccccc2)NC(=O)Nc2ccc3c(c2)C(=O)N(C(C)C)C3=O)c1. The molecule has 1 aliphatic heterocycles. The van der Waals surface area contributed by atoms with Crippen molar-refractivity contribution in [1.82, 2.24) is 14.9 Å². The molecule has 240 valence electrons. The Bertz CT molecular complexity index is 1660. The molecule has 5 N–H and O–H groups in total. The minimum absolute atomic E-state index is 0.0984. The highest BCUT2D eigenvalue weighted by Crippen LogP contribution is 2.28. The Morgan fingerprint density at radius 2 is 1.60 bits per heavy atom. The maximum Gasteiger partial charge on any atom is 0.319 e. The predicted octanol–water partition coefficient (Wildman–Crippen LogP) is 2.70. The summed E-state index contributed by atoms with van der Waals surface area (Å²) >= 11 is 0. The van der Waals surface area contributed by atoms with E-state index in [1.807, 2.05) is 30.3 Å². The van der Waals surface area contributed by atoms with Gasteiger partial charge in [0.25, 0.3) is 11.8 Å². The number of nitrogens with zero attached hydrogens (tertiary/aromatic N) is 1. The van der Waals surface area contributed by atoms with Gasteiger partial charge in [-0.1, -0.05) is 30.3 Å². The predicted molar refractivity (Wildman–Crippen MR) is 168 cm³/mol. The first-order valence-corrected chi connectivity index (χ1v) is 15.9. The van der Waals surface area contributed by atoms with E-state index in [0.717, 1.165) is 10.5 Å². The Kier molecular flexibility index (Phi) is 10.6. The number of methoxy groups -OCH3 is 1. The number of carbonyl (C=O) groups excluding carboxylic acids is 3. The number of aliphatic hydroxyl groups is 2. The van der Waals surface area contributed by atoms with Crippen LogP contribution < -0.4 is 20.1 Å². The zero-order valence-electron chi connectivity index (χ0n) is 25.5. The van der Waals surface area contributed by atoms with Gasteiger partial charge in [-0.3, -0.25) is 14.5 Å². The highest BCUT2D eigenvalue weighted by atomic mass is 32.2. The number of amides is 4. The number of sulfonamides is 1. The Hall–Kier alpha value is -4.30. The van der Waals surface area contributed by atoms with Crippen molar-refractivity contribution < 1.29 is 37.8 Å². The molecule has 3 aromatic rings. The number of imide groups is 1. The number of urea groups is 1. The topological polar surface area (TPSA) is 174 Å². The van der Waals surface area contributed by atoms with Crippen LogP contribution in [0.4, 0.5) is 10.5 Å². The van der Waals surface area contributed by atoms with Crippen molar-refractivity contribution in [3.05, 3.63) is 89.0 Å². The molecule has 1 aliphatic rings. The first-order valence-electron chi connectivity index (χ1n) is 14.5. The van der Waals surface area contributed by atoms with Crippen molar-refractivity contribution in [2.75, 3.05) is 19.0 Å². The van der Waals surface area contributed by atoms with Crippen molar-refractivity contribution in [1.29, 1.82) is 0 Å². The first-order chi connectivity index (χ1) is 21.3. The van der Waals surface area contributed by atoms with Gasteiger partial charge in [0.2, 0.25) is 10.0 Å². The Labute approximate surface area is 262 Å². The highest BCUT2D eigenvalue weighted by Gasteiger charge is 2.37. The smallest absolute Gasteiger partial charge is 0.319 e. The van der Waals surface area contributed by atoms with Gasteiger partial charge >= 0.3 is 6.03 Å². The largest absolute Gasteiger partial charge is 0.497 e. The molecule has 0 spiro atoms. The van der Waals surface area contributed by atoms with E-state index in [-0.39, 0.29) is 52.7 Å². The summed E-state index contributed by atoms with van der Waals surface area (Å²) in [6.07, 6.45) is -2.13. The molecule has 1 heterocycles. The van der Waals surface area contributed by atoms with Gasteiger partial charge < -0.3 is 25.6 Å². The van der Waals surface area contributed by atoms with Crippen LogP contribution in [0.5, 0.6) is 5.75 Å². The summed E-state index contributed by atoms with van der Waals surface area (Å²) < 4.78 is 33.8. The van der Waals surface area contributed by atoms with E-state index in [1.165, 1.54) is 50.4 Å².